The number of alkyl carbamates (subject to hydrolysis) is 1. The Balaban J connectivity index is 1.88. The summed E-state index contributed by atoms with van der Waals surface area (Å²) in [5.74, 6) is 6.18. The Bertz CT molecular complexity index is 731. The van der Waals surface area contributed by atoms with Crippen LogP contribution in [0.2, 0.25) is 0 Å². The largest absolute Gasteiger partial charge is 0.447 e. The first-order valence-electron chi connectivity index (χ1n) is 6.63. The van der Waals surface area contributed by atoms with Crippen molar-refractivity contribution in [1.82, 2.24) is 10.3 Å². The number of ether oxygens (including phenoxy) is 1. The van der Waals surface area contributed by atoms with Crippen LogP contribution in [0.5, 0.6) is 0 Å². The van der Waals surface area contributed by atoms with Gasteiger partial charge in [0.2, 0.25) is 0 Å². The SMILES string of the molecule is C[C@@]1(c2cncc(C#Cc3ccccc3)c2)COC(=O)N1. The molecule has 21 heavy (non-hydrogen) atoms. The molecule has 1 aliphatic rings. The molecule has 0 radical (unpaired) electrons. The lowest BCUT2D eigenvalue weighted by atomic mass is 9.94. The van der Waals surface area contributed by atoms with Gasteiger partial charge in [-0.15, -0.1) is 0 Å². The second-order valence-electron chi connectivity index (χ2n) is 5.11. The molecule has 0 bridgehead atoms. The number of carbonyl (C=O) groups is 1. The van der Waals surface area contributed by atoms with Crippen molar-refractivity contribution in [2.75, 3.05) is 6.61 Å². The van der Waals surface area contributed by atoms with E-state index in [1.165, 1.54) is 0 Å². The van der Waals surface area contributed by atoms with Gasteiger partial charge >= 0.3 is 6.09 Å². The van der Waals surface area contributed by atoms with E-state index >= 15 is 0 Å². The molecule has 4 heteroatoms. The number of benzene rings is 1. The van der Waals surface area contributed by atoms with Crippen molar-refractivity contribution in [3.05, 3.63) is 65.5 Å². The normalized spacial score (nSPS) is 20.1. The summed E-state index contributed by atoms with van der Waals surface area (Å²) in [5.41, 5.74) is 2.09. The van der Waals surface area contributed by atoms with Crippen LogP contribution in [-0.4, -0.2) is 17.7 Å². The Kier molecular flexibility index (Phi) is 3.33. The van der Waals surface area contributed by atoms with Gasteiger partial charge in [0, 0.05) is 29.1 Å². The molecular formula is C17H14N2O2. The summed E-state index contributed by atoms with van der Waals surface area (Å²) in [6, 6.07) is 11.7. The van der Waals surface area contributed by atoms with Gasteiger partial charge in [-0.3, -0.25) is 4.98 Å². The maximum absolute atomic E-state index is 11.2. The van der Waals surface area contributed by atoms with Crippen molar-refractivity contribution >= 4 is 6.09 Å². The topological polar surface area (TPSA) is 51.2 Å². The minimum Gasteiger partial charge on any atom is -0.447 e. The molecule has 0 spiro atoms. The molecule has 0 aliphatic carbocycles. The summed E-state index contributed by atoms with van der Waals surface area (Å²) in [5, 5.41) is 2.80. The minimum atomic E-state index is -0.547. The molecule has 0 saturated carbocycles. The lowest BCUT2D eigenvalue weighted by Crippen LogP contribution is -2.37. The Morgan fingerprint density at radius 1 is 1.19 bits per heavy atom. The maximum atomic E-state index is 11.2. The summed E-state index contributed by atoms with van der Waals surface area (Å²) >= 11 is 0. The number of aromatic nitrogens is 1. The molecular weight excluding hydrogens is 264 g/mol. The predicted octanol–water partition coefficient (Wildman–Crippen LogP) is 2.44. The van der Waals surface area contributed by atoms with E-state index < -0.39 is 11.6 Å². The molecule has 1 fully saturated rings. The Hall–Kier alpha value is -2.80. The summed E-state index contributed by atoms with van der Waals surface area (Å²) in [4.78, 5) is 15.4. The van der Waals surface area contributed by atoms with E-state index in [0.717, 1.165) is 16.7 Å². The molecule has 1 aromatic carbocycles. The van der Waals surface area contributed by atoms with Gasteiger partial charge in [-0.05, 0) is 25.1 Å². The van der Waals surface area contributed by atoms with Crippen LogP contribution >= 0.6 is 0 Å². The maximum Gasteiger partial charge on any atom is 0.408 e. The minimum absolute atomic E-state index is 0.295. The highest BCUT2D eigenvalue weighted by molar-refractivity contribution is 5.71. The van der Waals surface area contributed by atoms with Crippen molar-refractivity contribution < 1.29 is 9.53 Å². The van der Waals surface area contributed by atoms with Crippen LogP contribution in [0.3, 0.4) is 0 Å². The van der Waals surface area contributed by atoms with Crippen molar-refractivity contribution in [3.63, 3.8) is 0 Å². The first kappa shape index (κ1) is 13.2. The third-order valence-electron chi connectivity index (χ3n) is 3.37. The van der Waals surface area contributed by atoms with Crippen LogP contribution in [0.1, 0.15) is 23.6 Å². The van der Waals surface area contributed by atoms with Gasteiger partial charge < -0.3 is 10.1 Å². The highest BCUT2D eigenvalue weighted by Crippen LogP contribution is 2.25. The molecule has 3 rings (SSSR count). The molecule has 4 nitrogen and oxygen atoms in total. The van der Waals surface area contributed by atoms with E-state index in [9.17, 15) is 4.79 Å². The summed E-state index contributed by atoms with van der Waals surface area (Å²) < 4.78 is 4.98. The quantitative estimate of drug-likeness (QED) is 0.815. The Morgan fingerprint density at radius 3 is 2.67 bits per heavy atom. The van der Waals surface area contributed by atoms with Gasteiger partial charge in [-0.25, -0.2) is 4.79 Å². The third-order valence-corrected chi connectivity index (χ3v) is 3.37. The number of rotatable bonds is 1. The third kappa shape index (κ3) is 2.87. The van der Waals surface area contributed by atoms with E-state index in [-0.39, 0.29) is 0 Å². The molecule has 1 N–H and O–H groups in total. The van der Waals surface area contributed by atoms with Gasteiger partial charge in [0.25, 0.3) is 0 Å². The fraction of sp³-hybridized carbons (Fsp3) is 0.176. The van der Waals surface area contributed by atoms with Gasteiger partial charge in [-0.2, -0.15) is 0 Å². The van der Waals surface area contributed by atoms with Crippen LogP contribution < -0.4 is 5.32 Å². The lowest BCUT2D eigenvalue weighted by Gasteiger charge is -2.20. The van der Waals surface area contributed by atoms with E-state index in [2.05, 4.69) is 22.1 Å². The number of hydrogen-bond acceptors (Lipinski definition) is 3. The van der Waals surface area contributed by atoms with Crippen LogP contribution in [0.15, 0.2) is 48.8 Å². The number of cyclic esters (lactones) is 1. The summed E-state index contributed by atoms with van der Waals surface area (Å²) in [6.07, 6.45) is 3.03. The molecule has 2 heterocycles. The van der Waals surface area contributed by atoms with Crippen molar-refractivity contribution in [2.24, 2.45) is 0 Å². The second kappa shape index (κ2) is 5.29. The van der Waals surface area contributed by atoms with Crippen molar-refractivity contribution in [3.8, 4) is 11.8 Å². The first-order chi connectivity index (χ1) is 10.2. The summed E-state index contributed by atoms with van der Waals surface area (Å²) in [7, 11) is 0. The Morgan fingerprint density at radius 2 is 1.95 bits per heavy atom. The molecule has 0 unspecified atom stereocenters. The number of nitrogens with zero attached hydrogens (tertiary/aromatic N) is 1. The lowest BCUT2D eigenvalue weighted by molar-refractivity contribution is 0.173. The predicted molar refractivity (Wildman–Crippen MR) is 78.5 cm³/mol. The molecule has 1 aliphatic heterocycles. The monoisotopic (exact) mass is 278 g/mol. The average molecular weight is 278 g/mol. The van der Waals surface area contributed by atoms with Gasteiger partial charge in [0.1, 0.15) is 12.1 Å². The number of hydrogen-bond donors (Lipinski definition) is 1. The van der Waals surface area contributed by atoms with Crippen LogP contribution in [0.25, 0.3) is 0 Å². The van der Waals surface area contributed by atoms with Crippen LogP contribution in [0.4, 0.5) is 4.79 Å². The van der Waals surface area contributed by atoms with Crippen LogP contribution in [-0.2, 0) is 10.3 Å². The molecule has 1 saturated heterocycles. The van der Waals surface area contributed by atoms with Crippen molar-refractivity contribution in [1.29, 1.82) is 0 Å². The Labute approximate surface area is 123 Å². The van der Waals surface area contributed by atoms with Gasteiger partial charge in [0.05, 0.1) is 0 Å². The smallest absolute Gasteiger partial charge is 0.408 e. The molecule has 1 aromatic heterocycles. The van der Waals surface area contributed by atoms with Gasteiger partial charge in [0.15, 0.2) is 0 Å². The molecule has 104 valence electrons. The second-order valence-corrected chi connectivity index (χ2v) is 5.11. The zero-order valence-electron chi connectivity index (χ0n) is 11.6. The van der Waals surface area contributed by atoms with Crippen molar-refractivity contribution in [2.45, 2.75) is 12.5 Å². The van der Waals surface area contributed by atoms with E-state index in [1.807, 2.05) is 43.3 Å². The number of carbonyl (C=O) groups excluding carboxylic acids is 1. The van der Waals surface area contributed by atoms with E-state index in [1.54, 1.807) is 12.4 Å². The highest BCUT2D eigenvalue weighted by Gasteiger charge is 2.36. The first-order valence-corrected chi connectivity index (χ1v) is 6.63. The standard InChI is InChI=1S/C17H14N2O2/c1-17(12-21-16(20)19-17)15-9-14(10-18-11-15)8-7-13-5-3-2-4-6-13/h2-6,9-11H,12H2,1H3,(H,19,20)/t17-/m0/s1. The molecule has 1 atom stereocenters. The fourth-order valence-corrected chi connectivity index (χ4v) is 2.14. The zero-order chi connectivity index (χ0) is 14.7. The average Bonchev–Trinajstić information content (AvgIpc) is 2.87. The molecule has 2 aromatic rings. The van der Waals surface area contributed by atoms with Crippen LogP contribution in [0, 0.1) is 11.8 Å². The van der Waals surface area contributed by atoms with E-state index in [4.69, 9.17) is 4.74 Å². The van der Waals surface area contributed by atoms with E-state index in [0.29, 0.717) is 6.61 Å². The summed E-state index contributed by atoms with van der Waals surface area (Å²) in [6.45, 7) is 2.20. The number of pyridine rings is 1. The molecule has 1 amide bonds. The highest BCUT2D eigenvalue weighted by atomic mass is 16.6. The number of amides is 1. The zero-order valence-corrected chi connectivity index (χ0v) is 11.6. The van der Waals surface area contributed by atoms with Gasteiger partial charge in [-0.1, -0.05) is 30.0 Å². The number of nitrogens with one attached hydrogen (secondary N) is 1. The fourth-order valence-electron chi connectivity index (χ4n) is 2.14.